The molecule has 6 nitrogen and oxygen atoms in total. The summed E-state index contributed by atoms with van der Waals surface area (Å²) in [6.45, 7) is 6.04. The van der Waals surface area contributed by atoms with Gasteiger partial charge >= 0.3 is 5.97 Å². The van der Waals surface area contributed by atoms with Crippen LogP contribution in [0.1, 0.15) is 22.3 Å². The number of carboxylic acids is 1. The summed E-state index contributed by atoms with van der Waals surface area (Å²) >= 11 is 0. The van der Waals surface area contributed by atoms with Crippen LogP contribution in [0.15, 0.2) is 72.8 Å². The number of carboxylic acid groups (broad SMARTS) is 1. The lowest BCUT2D eigenvalue weighted by Gasteiger charge is -2.26. The summed E-state index contributed by atoms with van der Waals surface area (Å²) in [5.41, 5.74) is 4.88. The lowest BCUT2D eigenvalue weighted by atomic mass is 9.96. The van der Waals surface area contributed by atoms with Gasteiger partial charge in [-0.15, -0.1) is 0 Å². The van der Waals surface area contributed by atoms with Gasteiger partial charge in [0.1, 0.15) is 23.9 Å². The zero-order valence-corrected chi connectivity index (χ0v) is 20.3. The summed E-state index contributed by atoms with van der Waals surface area (Å²) in [7, 11) is 0. The first kappa shape index (κ1) is 25.4. The van der Waals surface area contributed by atoms with E-state index in [9.17, 15) is 9.18 Å². The Kier molecular flexibility index (Phi) is 8.71. The molecule has 1 saturated heterocycles. The van der Waals surface area contributed by atoms with Crippen LogP contribution in [-0.4, -0.2) is 55.5 Å². The van der Waals surface area contributed by atoms with E-state index >= 15 is 0 Å². The Morgan fingerprint density at radius 2 is 1.67 bits per heavy atom. The van der Waals surface area contributed by atoms with Crippen LogP contribution in [0.3, 0.4) is 0 Å². The van der Waals surface area contributed by atoms with Gasteiger partial charge < -0.3 is 19.3 Å². The molecule has 0 bridgehead atoms. The maximum Gasteiger partial charge on any atom is 0.341 e. The van der Waals surface area contributed by atoms with Crippen LogP contribution < -0.4 is 9.47 Å². The Labute approximate surface area is 210 Å². The van der Waals surface area contributed by atoms with E-state index in [-0.39, 0.29) is 5.82 Å². The molecule has 188 valence electrons. The number of morpholine rings is 1. The van der Waals surface area contributed by atoms with E-state index in [1.807, 2.05) is 19.1 Å². The van der Waals surface area contributed by atoms with Gasteiger partial charge in [-0.2, -0.15) is 0 Å². The van der Waals surface area contributed by atoms with Gasteiger partial charge in [-0.25, -0.2) is 9.18 Å². The van der Waals surface area contributed by atoms with Crippen molar-refractivity contribution in [3.63, 3.8) is 0 Å². The number of ether oxygens (including phenoxy) is 3. The third kappa shape index (κ3) is 7.16. The predicted molar refractivity (Wildman–Crippen MR) is 136 cm³/mol. The number of rotatable bonds is 10. The summed E-state index contributed by atoms with van der Waals surface area (Å²) in [5, 5.41) is 8.80. The van der Waals surface area contributed by atoms with Crippen LogP contribution in [0.5, 0.6) is 11.5 Å². The highest BCUT2D eigenvalue weighted by molar-refractivity contribution is 5.80. The normalized spacial score (nSPS) is 14.4. The van der Waals surface area contributed by atoms with Gasteiger partial charge in [0, 0.05) is 19.6 Å². The molecule has 1 aliphatic rings. The first-order chi connectivity index (χ1) is 17.5. The van der Waals surface area contributed by atoms with Gasteiger partial charge in [0.2, 0.25) is 0 Å². The molecule has 0 atom stereocenters. The van der Waals surface area contributed by atoms with E-state index in [2.05, 4.69) is 29.2 Å². The molecular weight excluding hydrogens is 461 g/mol. The number of aryl methyl sites for hydroxylation is 1. The van der Waals surface area contributed by atoms with Crippen LogP contribution >= 0.6 is 0 Å². The largest absolute Gasteiger partial charge is 0.489 e. The number of halogens is 1. The fourth-order valence-electron chi connectivity index (χ4n) is 4.07. The number of nitrogens with zero attached hydrogens (tertiary/aromatic N) is 1. The smallest absolute Gasteiger partial charge is 0.341 e. The van der Waals surface area contributed by atoms with E-state index in [1.54, 1.807) is 24.3 Å². The van der Waals surface area contributed by atoms with Crippen molar-refractivity contribution in [3.8, 4) is 11.5 Å². The zero-order valence-electron chi connectivity index (χ0n) is 20.3. The standard InChI is InChI=1S/C29H30FNO5/c1-21-18-26(10-11-28(21)36-20-29(32)33)35-15-12-27(24-6-8-25(30)9-7-24)23-4-2-22(3-5-23)19-31-13-16-34-17-14-31/h2-12,18H,13-17,19-20H2,1H3,(H,32,33)/b27-12-. The van der Waals surface area contributed by atoms with Crippen molar-refractivity contribution < 1.29 is 28.5 Å². The summed E-state index contributed by atoms with van der Waals surface area (Å²) in [4.78, 5) is 13.1. The minimum Gasteiger partial charge on any atom is -0.489 e. The molecule has 1 fully saturated rings. The van der Waals surface area contributed by atoms with Crippen LogP contribution in [0.2, 0.25) is 0 Å². The fourth-order valence-corrected chi connectivity index (χ4v) is 4.07. The molecule has 7 heteroatoms. The number of hydrogen-bond acceptors (Lipinski definition) is 5. The number of aliphatic carboxylic acids is 1. The average Bonchev–Trinajstić information content (AvgIpc) is 2.88. The molecule has 1 aliphatic heterocycles. The number of benzene rings is 3. The van der Waals surface area contributed by atoms with E-state index in [0.29, 0.717) is 18.1 Å². The summed E-state index contributed by atoms with van der Waals surface area (Å²) in [6.07, 6.45) is 1.98. The van der Waals surface area contributed by atoms with E-state index in [0.717, 1.165) is 55.1 Å². The van der Waals surface area contributed by atoms with Crippen LogP contribution in [0, 0.1) is 12.7 Å². The molecule has 0 radical (unpaired) electrons. The van der Waals surface area contributed by atoms with E-state index in [1.165, 1.54) is 17.7 Å². The highest BCUT2D eigenvalue weighted by Crippen LogP contribution is 2.26. The van der Waals surface area contributed by atoms with Crippen molar-refractivity contribution in [2.24, 2.45) is 0 Å². The van der Waals surface area contributed by atoms with Gasteiger partial charge in [-0.05, 0) is 71.2 Å². The van der Waals surface area contributed by atoms with Crippen LogP contribution in [0.4, 0.5) is 4.39 Å². The molecule has 36 heavy (non-hydrogen) atoms. The van der Waals surface area contributed by atoms with E-state index < -0.39 is 12.6 Å². The molecule has 3 aromatic rings. The SMILES string of the molecule is Cc1cc(OC/C=C(\c2ccc(F)cc2)c2ccc(CN3CCOCC3)cc2)ccc1OCC(=O)O. The summed E-state index contributed by atoms with van der Waals surface area (Å²) in [6, 6.07) is 20.1. The molecule has 1 N–H and O–H groups in total. The van der Waals surface area contributed by atoms with Gasteiger partial charge in [-0.3, -0.25) is 4.90 Å². The first-order valence-corrected chi connectivity index (χ1v) is 11.9. The molecule has 0 amide bonds. The minimum absolute atomic E-state index is 0.282. The Bertz CT molecular complexity index is 1190. The molecule has 0 unspecified atom stereocenters. The van der Waals surface area contributed by atoms with Gasteiger partial charge in [0.25, 0.3) is 0 Å². The second kappa shape index (κ2) is 12.3. The third-order valence-electron chi connectivity index (χ3n) is 5.97. The monoisotopic (exact) mass is 491 g/mol. The lowest BCUT2D eigenvalue weighted by Crippen LogP contribution is -2.35. The molecule has 3 aromatic carbocycles. The lowest BCUT2D eigenvalue weighted by molar-refractivity contribution is -0.139. The highest BCUT2D eigenvalue weighted by atomic mass is 19.1. The molecule has 4 rings (SSSR count). The van der Waals surface area contributed by atoms with Crippen molar-refractivity contribution in [1.82, 2.24) is 4.90 Å². The number of carbonyl (C=O) groups is 1. The molecular formula is C29H30FNO5. The second-order valence-electron chi connectivity index (χ2n) is 8.63. The van der Waals surface area contributed by atoms with Gasteiger partial charge in [0.15, 0.2) is 6.61 Å². The van der Waals surface area contributed by atoms with E-state index in [4.69, 9.17) is 19.3 Å². The van der Waals surface area contributed by atoms with Crippen molar-refractivity contribution in [2.75, 3.05) is 39.5 Å². The highest BCUT2D eigenvalue weighted by Gasteiger charge is 2.12. The molecule has 0 spiro atoms. The minimum atomic E-state index is -1.03. The maximum atomic E-state index is 13.6. The molecule has 0 saturated carbocycles. The fraction of sp³-hybridized carbons (Fsp3) is 0.276. The molecule has 0 aromatic heterocycles. The summed E-state index contributed by atoms with van der Waals surface area (Å²) < 4.78 is 30.2. The van der Waals surface area contributed by atoms with Crippen molar-refractivity contribution in [1.29, 1.82) is 0 Å². The predicted octanol–water partition coefficient (Wildman–Crippen LogP) is 4.94. The average molecular weight is 492 g/mol. The number of hydrogen-bond donors (Lipinski definition) is 1. The van der Waals surface area contributed by atoms with Crippen LogP contribution in [-0.2, 0) is 16.1 Å². The van der Waals surface area contributed by atoms with Gasteiger partial charge in [-0.1, -0.05) is 36.4 Å². The van der Waals surface area contributed by atoms with Crippen LogP contribution in [0.25, 0.3) is 5.57 Å². The topological polar surface area (TPSA) is 68.2 Å². The van der Waals surface area contributed by atoms with Crippen molar-refractivity contribution in [2.45, 2.75) is 13.5 Å². The van der Waals surface area contributed by atoms with Gasteiger partial charge in [0.05, 0.1) is 13.2 Å². The summed E-state index contributed by atoms with van der Waals surface area (Å²) in [5.74, 6) is -0.159. The first-order valence-electron chi connectivity index (χ1n) is 11.9. The Morgan fingerprint density at radius 3 is 2.31 bits per heavy atom. The Morgan fingerprint density at radius 1 is 1.00 bits per heavy atom. The quantitative estimate of drug-likeness (QED) is 0.433. The molecule has 0 aliphatic carbocycles. The van der Waals surface area contributed by atoms with Crippen molar-refractivity contribution >= 4 is 11.5 Å². The maximum absolute atomic E-state index is 13.6. The third-order valence-corrected chi connectivity index (χ3v) is 5.97. The Balaban J connectivity index is 1.48. The second-order valence-corrected chi connectivity index (χ2v) is 8.63. The Hall–Kier alpha value is -3.68. The molecule has 1 heterocycles. The van der Waals surface area contributed by atoms with Crippen molar-refractivity contribution in [3.05, 3.63) is 101 Å². The zero-order chi connectivity index (χ0) is 25.3.